The first-order valence-electron chi connectivity index (χ1n) is 6.86. The van der Waals surface area contributed by atoms with Gasteiger partial charge in [0, 0.05) is 11.1 Å². The highest BCUT2D eigenvalue weighted by molar-refractivity contribution is 6.36. The number of hydrogen-bond donors (Lipinski definition) is 2. The number of hydrogen-bond acceptors (Lipinski definition) is 8. The molecular formula is C14H10Cl2N6O3. The SMILES string of the molecule is Cc1cc(Nc2ncnc(Nc3ccc(Cl)cc3Cl)c2[N+](=O)[O-])no1. The van der Waals surface area contributed by atoms with Crippen molar-refractivity contribution in [3.8, 4) is 0 Å². The van der Waals surface area contributed by atoms with Gasteiger partial charge in [0.15, 0.2) is 5.82 Å². The molecule has 0 aliphatic carbocycles. The molecule has 0 saturated carbocycles. The molecule has 11 heteroatoms. The zero-order valence-corrected chi connectivity index (χ0v) is 14.2. The van der Waals surface area contributed by atoms with Crippen LogP contribution in [0.3, 0.4) is 0 Å². The Morgan fingerprint density at radius 2 is 1.88 bits per heavy atom. The third-order valence-corrected chi connectivity index (χ3v) is 3.61. The van der Waals surface area contributed by atoms with Crippen molar-refractivity contribution in [1.29, 1.82) is 0 Å². The second-order valence-corrected chi connectivity index (χ2v) is 5.72. The first kappa shape index (κ1) is 16.9. The van der Waals surface area contributed by atoms with Crippen LogP contribution in [-0.2, 0) is 0 Å². The van der Waals surface area contributed by atoms with Gasteiger partial charge in [-0.3, -0.25) is 10.1 Å². The summed E-state index contributed by atoms with van der Waals surface area (Å²) in [4.78, 5) is 18.7. The molecule has 0 radical (unpaired) electrons. The number of nitrogens with one attached hydrogen (secondary N) is 2. The average molecular weight is 381 g/mol. The molecular weight excluding hydrogens is 371 g/mol. The van der Waals surface area contributed by atoms with E-state index in [1.165, 1.54) is 12.4 Å². The Morgan fingerprint density at radius 3 is 2.48 bits per heavy atom. The van der Waals surface area contributed by atoms with Gasteiger partial charge in [-0.05, 0) is 25.1 Å². The van der Waals surface area contributed by atoms with Crippen molar-refractivity contribution in [3.05, 3.63) is 56.5 Å². The lowest BCUT2D eigenvalue weighted by Crippen LogP contribution is -2.05. The zero-order chi connectivity index (χ0) is 18.0. The molecule has 2 heterocycles. The van der Waals surface area contributed by atoms with Crippen molar-refractivity contribution in [3.63, 3.8) is 0 Å². The summed E-state index contributed by atoms with van der Waals surface area (Å²) in [5, 5.41) is 21.5. The second kappa shape index (κ2) is 6.91. The maximum absolute atomic E-state index is 11.5. The molecule has 2 aromatic heterocycles. The molecule has 3 aromatic rings. The highest BCUT2D eigenvalue weighted by Crippen LogP contribution is 2.35. The summed E-state index contributed by atoms with van der Waals surface area (Å²) in [6, 6.07) is 6.27. The quantitative estimate of drug-likeness (QED) is 0.491. The zero-order valence-electron chi connectivity index (χ0n) is 12.7. The van der Waals surface area contributed by atoms with Crippen molar-refractivity contribution in [1.82, 2.24) is 15.1 Å². The van der Waals surface area contributed by atoms with Crippen LogP contribution in [0.15, 0.2) is 35.1 Å². The Balaban J connectivity index is 1.98. The fraction of sp³-hybridized carbons (Fsp3) is 0.0714. The van der Waals surface area contributed by atoms with Gasteiger partial charge in [-0.1, -0.05) is 28.4 Å². The molecule has 2 N–H and O–H groups in total. The molecule has 9 nitrogen and oxygen atoms in total. The summed E-state index contributed by atoms with van der Waals surface area (Å²) in [5.74, 6) is 0.758. The lowest BCUT2D eigenvalue weighted by Gasteiger charge is -2.10. The Morgan fingerprint density at radius 1 is 1.16 bits per heavy atom. The van der Waals surface area contributed by atoms with Gasteiger partial charge in [0.05, 0.1) is 15.6 Å². The lowest BCUT2D eigenvalue weighted by molar-refractivity contribution is -0.383. The predicted molar refractivity (Wildman–Crippen MR) is 93.0 cm³/mol. The van der Waals surface area contributed by atoms with Gasteiger partial charge in [0.25, 0.3) is 0 Å². The average Bonchev–Trinajstić information content (AvgIpc) is 2.95. The van der Waals surface area contributed by atoms with E-state index >= 15 is 0 Å². The maximum Gasteiger partial charge on any atom is 0.353 e. The van der Waals surface area contributed by atoms with E-state index in [1.807, 2.05) is 0 Å². The molecule has 0 saturated heterocycles. The first-order chi connectivity index (χ1) is 11.9. The molecule has 0 atom stereocenters. The summed E-state index contributed by atoms with van der Waals surface area (Å²) in [6.07, 6.45) is 1.18. The first-order valence-corrected chi connectivity index (χ1v) is 7.61. The number of rotatable bonds is 5. The molecule has 0 amide bonds. The van der Waals surface area contributed by atoms with Crippen LogP contribution in [0, 0.1) is 17.0 Å². The van der Waals surface area contributed by atoms with Crippen molar-refractivity contribution in [2.45, 2.75) is 6.92 Å². The van der Waals surface area contributed by atoms with Crippen LogP contribution >= 0.6 is 23.2 Å². The number of aromatic nitrogens is 3. The third-order valence-electron chi connectivity index (χ3n) is 3.06. The highest BCUT2D eigenvalue weighted by atomic mass is 35.5. The van der Waals surface area contributed by atoms with E-state index in [9.17, 15) is 10.1 Å². The standard InChI is InChI=1S/C14H10Cl2N6O3/c1-7-4-11(21-25-7)20-14-12(22(23)24)13(17-6-18-14)19-10-3-2-8(15)5-9(10)16/h2-6H,1H3,(H2,17,18,19,20,21). The maximum atomic E-state index is 11.5. The van der Waals surface area contributed by atoms with Crippen LogP contribution in [0.2, 0.25) is 10.0 Å². The molecule has 0 aliphatic rings. The predicted octanol–water partition coefficient (Wildman–Crippen LogP) is 4.48. The van der Waals surface area contributed by atoms with Gasteiger partial charge in [-0.15, -0.1) is 0 Å². The minimum absolute atomic E-state index is 0.0352. The monoisotopic (exact) mass is 380 g/mol. The molecule has 1 aromatic carbocycles. The number of benzene rings is 1. The van der Waals surface area contributed by atoms with Crippen LogP contribution in [0.25, 0.3) is 0 Å². The Labute approximate surface area is 151 Å². The summed E-state index contributed by atoms with van der Waals surface area (Å²) in [5.41, 5.74) is 0.0465. The van der Waals surface area contributed by atoms with Gasteiger partial charge in [-0.25, -0.2) is 9.97 Å². The van der Waals surface area contributed by atoms with E-state index in [0.29, 0.717) is 21.5 Å². The molecule has 0 fully saturated rings. The number of aryl methyl sites for hydroxylation is 1. The highest BCUT2D eigenvalue weighted by Gasteiger charge is 2.24. The molecule has 3 rings (SSSR count). The number of nitrogens with zero attached hydrogens (tertiary/aromatic N) is 4. The molecule has 128 valence electrons. The van der Waals surface area contributed by atoms with Crippen LogP contribution < -0.4 is 10.6 Å². The van der Waals surface area contributed by atoms with Gasteiger partial charge in [0.1, 0.15) is 12.1 Å². The van der Waals surface area contributed by atoms with E-state index < -0.39 is 4.92 Å². The molecule has 0 spiro atoms. The molecule has 0 aliphatic heterocycles. The summed E-state index contributed by atoms with van der Waals surface area (Å²) in [7, 11) is 0. The fourth-order valence-corrected chi connectivity index (χ4v) is 2.46. The summed E-state index contributed by atoms with van der Waals surface area (Å²) >= 11 is 11.9. The Kier molecular flexibility index (Phi) is 4.68. The van der Waals surface area contributed by atoms with E-state index in [2.05, 4.69) is 25.8 Å². The van der Waals surface area contributed by atoms with E-state index in [4.69, 9.17) is 27.7 Å². The Hall–Kier alpha value is -2.91. The van der Waals surface area contributed by atoms with Crippen LogP contribution in [0.5, 0.6) is 0 Å². The summed E-state index contributed by atoms with van der Waals surface area (Å²) < 4.78 is 4.92. The Bertz CT molecular complexity index is 946. The molecule has 25 heavy (non-hydrogen) atoms. The van der Waals surface area contributed by atoms with Crippen LogP contribution in [0.4, 0.5) is 28.8 Å². The number of anilines is 4. The lowest BCUT2D eigenvalue weighted by atomic mass is 10.3. The smallest absolute Gasteiger partial charge is 0.353 e. The third kappa shape index (κ3) is 3.78. The van der Waals surface area contributed by atoms with Crippen molar-refractivity contribution < 1.29 is 9.45 Å². The number of nitro groups is 1. The van der Waals surface area contributed by atoms with Crippen molar-refractivity contribution in [2.24, 2.45) is 0 Å². The largest absolute Gasteiger partial charge is 0.360 e. The van der Waals surface area contributed by atoms with E-state index in [-0.39, 0.29) is 23.1 Å². The van der Waals surface area contributed by atoms with Crippen molar-refractivity contribution >= 4 is 52.0 Å². The van der Waals surface area contributed by atoms with Gasteiger partial charge in [0.2, 0.25) is 11.6 Å². The fourth-order valence-electron chi connectivity index (χ4n) is 2.00. The minimum Gasteiger partial charge on any atom is -0.360 e. The molecule has 0 unspecified atom stereocenters. The van der Waals surface area contributed by atoms with Gasteiger partial charge >= 0.3 is 5.69 Å². The number of halogens is 2. The van der Waals surface area contributed by atoms with Gasteiger partial charge < -0.3 is 15.2 Å². The minimum atomic E-state index is -0.610. The van der Waals surface area contributed by atoms with E-state index in [1.54, 1.807) is 25.1 Å². The second-order valence-electron chi connectivity index (χ2n) is 4.87. The molecule has 0 bridgehead atoms. The normalized spacial score (nSPS) is 10.5. The van der Waals surface area contributed by atoms with Crippen LogP contribution in [0.1, 0.15) is 5.76 Å². The van der Waals surface area contributed by atoms with Crippen molar-refractivity contribution in [2.75, 3.05) is 10.6 Å². The summed E-state index contributed by atoms with van der Waals surface area (Å²) in [6.45, 7) is 1.70. The van der Waals surface area contributed by atoms with Gasteiger partial charge in [-0.2, -0.15) is 0 Å². The van der Waals surface area contributed by atoms with Crippen LogP contribution in [-0.4, -0.2) is 20.0 Å². The topological polar surface area (TPSA) is 119 Å². The van der Waals surface area contributed by atoms with E-state index in [0.717, 1.165) is 0 Å².